The molecule has 0 bridgehead atoms. The number of amides is 2. The normalized spacial score (nSPS) is 13.8. The van der Waals surface area contributed by atoms with Crippen LogP contribution in [0.4, 0.5) is 26.2 Å². The van der Waals surface area contributed by atoms with Gasteiger partial charge in [-0.1, -0.05) is 29.8 Å². The highest BCUT2D eigenvalue weighted by Gasteiger charge is 2.33. The van der Waals surface area contributed by atoms with E-state index in [0.29, 0.717) is 22.6 Å². The zero-order valence-electron chi connectivity index (χ0n) is 13.1. The fourth-order valence-electron chi connectivity index (χ4n) is 2.92. The van der Waals surface area contributed by atoms with Crippen molar-refractivity contribution in [2.75, 3.05) is 9.80 Å². The number of carbonyl (C=O) groups excluding carboxylic acids is 1. The highest BCUT2D eigenvalue weighted by molar-refractivity contribution is 6.31. The predicted molar refractivity (Wildman–Crippen MR) is 95.8 cm³/mol. The van der Waals surface area contributed by atoms with Crippen LogP contribution in [-0.4, -0.2) is 11.0 Å². The van der Waals surface area contributed by atoms with E-state index in [1.54, 1.807) is 29.4 Å². The van der Waals surface area contributed by atoms with Crippen molar-refractivity contribution >= 4 is 34.7 Å². The van der Waals surface area contributed by atoms with Crippen LogP contribution in [0, 0.1) is 5.82 Å². The Morgan fingerprint density at radius 1 is 1.04 bits per heavy atom. The number of aromatic nitrogens is 1. The van der Waals surface area contributed by atoms with Crippen molar-refractivity contribution in [3.05, 3.63) is 83.4 Å². The van der Waals surface area contributed by atoms with E-state index in [-0.39, 0.29) is 17.6 Å². The van der Waals surface area contributed by atoms with Gasteiger partial charge in [0.2, 0.25) is 0 Å². The van der Waals surface area contributed by atoms with Gasteiger partial charge in [0.05, 0.1) is 34.8 Å². The molecule has 2 heterocycles. The predicted octanol–water partition coefficient (Wildman–Crippen LogP) is 5.15. The lowest BCUT2D eigenvalue weighted by atomic mass is 10.1. The van der Waals surface area contributed by atoms with Crippen molar-refractivity contribution < 1.29 is 9.18 Å². The third kappa shape index (κ3) is 2.72. The summed E-state index contributed by atoms with van der Waals surface area (Å²) in [7, 11) is 0. The maximum Gasteiger partial charge on any atom is 0.333 e. The lowest BCUT2D eigenvalue weighted by Crippen LogP contribution is -2.45. The minimum absolute atomic E-state index is 0.0118. The fourth-order valence-corrected chi connectivity index (χ4v) is 3.07. The second-order valence-electron chi connectivity index (χ2n) is 5.65. The molecule has 1 aromatic heterocycles. The molecule has 0 unspecified atom stereocenters. The summed E-state index contributed by atoms with van der Waals surface area (Å²) in [6.07, 6.45) is 3.25. The van der Waals surface area contributed by atoms with Crippen LogP contribution in [0.1, 0.15) is 5.56 Å². The molecule has 0 atom stereocenters. The molecule has 0 saturated carbocycles. The summed E-state index contributed by atoms with van der Waals surface area (Å²) in [6.45, 7) is 0.247. The van der Waals surface area contributed by atoms with Gasteiger partial charge in [-0.05, 0) is 42.0 Å². The van der Waals surface area contributed by atoms with E-state index in [1.165, 1.54) is 17.0 Å². The van der Waals surface area contributed by atoms with Gasteiger partial charge < -0.3 is 0 Å². The van der Waals surface area contributed by atoms with Crippen LogP contribution in [0.2, 0.25) is 5.02 Å². The Labute approximate surface area is 149 Å². The molecule has 0 spiro atoms. The van der Waals surface area contributed by atoms with Crippen LogP contribution in [0.3, 0.4) is 0 Å². The van der Waals surface area contributed by atoms with E-state index in [0.717, 1.165) is 0 Å². The van der Waals surface area contributed by atoms with Crippen molar-refractivity contribution in [3.8, 4) is 0 Å². The van der Waals surface area contributed by atoms with Crippen LogP contribution in [0.25, 0.3) is 0 Å². The van der Waals surface area contributed by atoms with Gasteiger partial charge in [-0.25, -0.2) is 9.18 Å². The number of anilines is 3. The summed E-state index contributed by atoms with van der Waals surface area (Å²) in [5.74, 6) is -0.506. The quantitative estimate of drug-likeness (QED) is 0.638. The SMILES string of the molecule is O=C1N(c2cccnc2)Cc2cc(F)c(Cl)cc2N1c1ccccc1. The molecule has 3 aromatic rings. The molecule has 1 aliphatic rings. The summed E-state index contributed by atoms with van der Waals surface area (Å²) in [5.41, 5.74) is 2.59. The Morgan fingerprint density at radius 2 is 1.80 bits per heavy atom. The lowest BCUT2D eigenvalue weighted by Gasteiger charge is -2.37. The van der Waals surface area contributed by atoms with Gasteiger partial charge in [0.15, 0.2) is 0 Å². The molecule has 4 nitrogen and oxygen atoms in total. The molecule has 0 fully saturated rings. The molecule has 0 aliphatic carbocycles. The Hall–Kier alpha value is -2.92. The Morgan fingerprint density at radius 3 is 2.52 bits per heavy atom. The number of hydrogen-bond acceptors (Lipinski definition) is 2. The van der Waals surface area contributed by atoms with Gasteiger partial charge in [-0.3, -0.25) is 14.8 Å². The molecule has 1 aliphatic heterocycles. The molecule has 0 saturated heterocycles. The minimum atomic E-state index is -0.506. The first-order valence-electron chi connectivity index (χ1n) is 7.70. The van der Waals surface area contributed by atoms with Crippen molar-refractivity contribution in [1.82, 2.24) is 4.98 Å². The number of halogens is 2. The summed E-state index contributed by atoms with van der Waals surface area (Å²) in [6, 6.07) is 15.4. The van der Waals surface area contributed by atoms with E-state index in [9.17, 15) is 9.18 Å². The summed E-state index contributed by atoms with van der Waals surface area (Å²) < 4.78 is 14.0. The lowest BCUT2D eigenvalue weighted by molar-refractivity contribution is 0.252. The summed E-state index contributed by atoms with van der Waals surface area (Å²) in [5, 5.41) is -0.0118. The average Bonchev–Trinajstić information content (AvgIpc) is 2.64. The molecule has 0 N–H and O–H groups in total. The van der Waals surface area contributed by atoms with Crippen molar-refractivity contribution in [1.29, 1.82) is 0 Å². The van der Waals surface area contributed by atoms with Gasteiger partial charge in [0.25, 0.3) is 0 Å². The van der Waals surface area contributed by atoms with Crippen molar-refractivity contribution in [2.45, 2.75) is 6.54 Å². The van der Waals surface area contributed by atoms with E-state index >= 15 is 0 Å². The zero-order chi connectivity index (χ0) is 17.4. The first-order valence-corrected chi connectivity index (χ1v) is 8.07. The molecule has 6 heteroatoms. The third-order valence-corrected chi connectivity index (χ3v) is 4.37. The number of para-hydroxylation sites is 1. The number of carbonyl (C=O) groups is 1. The van der Waals surface area contributed by atoms with Crippen LogP contribution in [0.5, 0.6) is 0 Å². The van der Waals surface area contributed by atoms with Gasteiger partial charge >= 0.3 is 6.03 Å². The first kappa shape index (κ1) is 15.6. The summed E-state index contributed by atoms with van der Waals surface area (Å²) in [4.78, 5) is 20.3. The molecule has 2 aromatic carbocycles. The smallest absolute Gasteiger partial charge is 0.288 e. The highest BCUT2D eigenvalue weighted by Crippen LogP contribution is 2.38. The van der Waals surface area contributed by atoms with Gasteiger partial charge in [-0.2, -0.15) is 0 Å². The molecule has 4 rings (SSSR count). The molecular weight excluding hydrogens is 341 g/mol. The zero-order valence-corrected chi connectivity index (χ0v) is 13.8. The number of rotatable bonds is 2. The van der Waals surface area contributed by atoms with Crippen LogP contribution < -0.4 is 9.80 Å². The maximum atomic E-state index is 14.0. The Kier molecular flexibility index (Phi) is 3.86. The highest BCUT2D eigenvalue weighted by atomic mass is 35.5. The maximum absolute atomic E-state index is 14.0. The molecule has 2 amide bonds. The number of benzene rings is 2. The van der Waals surface area contributed by atoms with E-state index < -0.39 is 5.82 Å². The molecular formula is C19H13ClFN3O. The standard InChI is InChI=1S/C19H13ClFN3O/c20-16-10-18-13(9-17(16)21)12-23(15-7-4-8-22-11-15)19(25)24(18)14-5-2-1-3-6-14/h1-11H,12H2. The third-order valence-electron chi connectivity index (χ3n) is 4.09. The summed E-state index contributed by atoms with van der Waals surface area (Å²) >= 11 is 5.96. The second-order valence-corrected chi connectivity index (χ2v) is 6.05. The van der Waals surface area contributed by atoms with Gasteiger partial charge in [0, 0.05) is 6.20 Å². The second kappa shape index (κ2) is 6.18. The van der Waals surface area contributed by atoms with E-state index in [1.807, 2.05) is 30.3 Å². The van der Waals surface area contributed by atoms with E-state index in [4.69, 9.17) is 11.6 Å². The molecule has 124 valence electrons. The van der Waals surface area contributed by atoms with Crippen molar-refractivity contribution in [3.63, 3.8) is 0 Å². The van der Waals surface area contributed by atoms with Gasteiger partial charge in [-0.15, -0.1) is 0 Å². The number of pyridine rings is 1. The van der Waals surface area contributed by atoms with Crippen LogP contribution in [0.15, 0.2) is 67.0 Å². The number of fused-ring (bicyclic) bond motifs is 1. The average molecular weight is 354 g/mol. The Balaban J connectivity index is 1.89. The monoisotopic (exact) mass is 353 g/mol. The molecule has 0 radical (unpaired) electrons. The van der Waals surface area contributed by atoms with Crippen molar-refractivity contribution in [2.24, 2.45) is 0 Å². The number of nitrogens with zero attached hydrogens (tertiary/aromatic N) is 3. The Bertz CT molecular complexity index is 934. The number of urea groups is 1. The van der Waals surface area contributed by atoms with Gasteiger partial charge in [0.1, 0.15) is 5.82 Å². The van der Waals surface area contributed by atoms with Crippen LogP contribution >= 0.6 is 11.6 Å². The topological polar surface area (TPSA) is 36.4 Å². The minimum Gasteiger partial charge on any atom is -0.288 e. The molecule has 25 heavy (non-hydrogen) atoms. The largest absolute Gasteiger partial charge is 0.333 e. The fraction of sp³-hybridized carbons (Fsp3) is 0.0526. The number of hydrogen-bond donors (Lipinski definition) is 0. The van der Waals surface area contributed by atoms with E-state index in [2.05, 4.69) is 4.98 Å². The van der Waals surface area contributed by atoms with Crippen LogP contribution in [-0.2, 0) is 6.54 Å². The first-order chi connectivity index (χ1) is 12.1.